The maximum absolute atomic E-state index is 14.1. The summed E-state index contributed by atoms with van der Waals surface area (Å²) in [5.74, 6) is 0. The van der Waals surface area contributed by atoms with E-state index in [2.05, 4.69) is 0 Å². The van der Waals surface area contributed by atoms with Crippen LogP contribution >= 0.6 is 7.67 Å². The van der Waals surface area contributed by atoms with E-state index in [0.717, 1.165) is 0 Å². The number of nitrogens with zero attached hydrogens (tertiary/aromatic N) is 2. The van der Waals surface area contributed by atoms with Gasteiger partial charge in [0.2, 0.25) is 0 Å². The SMILES string of the molecule is CCN(CC)P(=N)(F)N(CC)CC. The van der Waals surface area contributed by atoms with Crippen LogP contribution in [0.1, 0.15) is 27.7 Å². The zero-order chi connectivity index (χ0) is 10.5. The fourth-order valence-electron chi connectivity index (χ4n) is 1.38. The summed E-state index contributed by atoms with van der Waals surface area (Å²) in [5.41, 5.74) is 0. The molecule has 1 N–H and O–H groups in total. The first-order valence-electron chi connectivity index (χ1n) is 4.89. The van der Waals surface area contributed by atoms with Gasteiger partial charge in [0.05, 0.1) is 0 Å². The zero-order valence-corrected chi connectivity index (χ0v) is 9.94. The first-order chi connectivity index (χ1) is 6.04. The van der Waals surface area contributed by atoms with Gasteiger partial charge < -0.3 is 0 Å². The number of nitrogens with one attached hydrogen (secondary N) is 1. The molecule has 0 heterocycles. The van der Waals surface area contributed by atoms with Gasteiger partial charge >= 0.3 is 0 Å². The lowest BCUT2D eigenvalue weighted by Crippen LogP contribution is -2.29. The van der Waals surface area contributed by atoms with Gasteiger partial charge in [0.1, 0.15) is 0 Å². The molecular weight excluding hydrogens is 188 g/mol. The van der Waals surface area contributed by atoms with E-state index in [1.807, 2.05) is 27.7 Å². The molecule has 0 saturated heterocycles. The lowest BCUT2D eigenvalue weighted by Gasteiger charge is -2.34. The zero-order valence-electron chi connectivity index (χ0n) is 9.05. The Hall–Kier alpha value is 0.0800. The van der Waals surface area contributed by atoms with Crippen molar-refractivity contribution in [1.82, 2.24) is 9.34 Å². The standard InChI is InChI=1S/C8H21FN3P/c1-5-11(6-2)13(9,10)12(7-3)8-4/h10H,5-8H2,1-4H3. The summed E-state index contributed by atoms with van der Waals surface area (Å²) in [4.78, 5) is 0. The van der Waals surface area contributed by atoms with Gasteiger partial charge in [0.25, 0.3) is 7.67 Å². The maximum atomic E-state index is 14.1. The van der Waals surface area contributed by atoms with E-state index in [1.54, 1.807) is 9.34 Å². The van der Waals surface area contributed by atoms with Crippen LogP contribution in [0.5, 0.6) is 0 Å². The average molecular weight is 209 g/mol. The van der Waals surface area contributed by atoms with Crippen molar-refractivity contribution in [2.75, 3.05) is 26.2 Å². The molecule has 0 radical (unpaired) electrons. The highest BCUT2D eigenvalue weighted by Crippen LogP contribution is 2.54. The summed E-state index contributed by atoms with van der Waals surface area (Å²) < 4.78 is 17.3. The van der Waals surface area contributed by atoms with Crippen molar-refractivity contribution < 1.29 is 4.20 Å². The quantitative estimate of drug-likeness (QED) is 0.681. The van der Waals surface area contributed by atoms with Gasteiger partial charge in [-0.2, -0.15) is 4.20 Å². The summed E-state index contributed by atoms with van der Waals surface area (Å²) in [6.45, 7) is 10.0. The Morgan fingerprint density at radius 1 is 0.923 bits per heavy atom. The lowest BCUT2D eigenvalue weighted by atomic mass is 10.7. The molecular formula is C8H21FN3P. The molecule has 0 aliphatic rings. The molecule has 0 aromatic rings. The van der Waals surface area contributed by atoms with Crippen LogP contribution in [0, 0.1) is 5.16 Å². The Morgan fingerprint density at radius 3 is 1.31 bits per heavy atom. The van der Waals surface area contributed by atoms with Crippen molar-refractivity contribution in [3.05, 3.63) is 0 Å². The Kier molecular flexibility index (Phi) is 5.77. The van der Waals surface area contributed by atoms with Crippen LogP contribution < -0.4 is 0 Å². The van der Waals surface area contributed by atoms with E-state index < -0.39 is 7.67 Å². The number of halogens is 1. The van der Waals surface area contributed by atoms with Gasteiger partial charge in [0.15, 0.2) is 0 Å². The van der Waals surface area contributed by atoms with Crippen LogP contribution in [0.15, 0.2) is 0 Å². The van der Waals surface area contributed by atoms with E-state index >= 15 is 0 Å². The van der Waals surface area contributed by atoms with Crippen LogP contribution in [-0.4, -0.2) is 35.5 Å². The van der Waals surface area contributed by atoms with Crippen LogP contribution in [-0.2, 0) is 0 Å². The third-order valence-electron chi connectivity index (χ3n) is 2.21. The fourth-order valence-corrected chi connectivity index (χ4v) is 3.23. The molecule has 0 spiro atoms. The highest BCUT2D eigenvalue weighted by atomic mass is 31.2. The molecule has 0 bridgehead atoms. The smallest absolute Gasteiger partial charge is 0.263 e. The van der Waals surface area contributed by atoms with Crippen molar-refractivity contribution in [1.29, 1.82) is 5.16 Å². The molecule has 0 unspecified atom stereocenters. The van der Waals surface area contributed by atoms with E-state index in [4.69, 9.17) is 5.16 Å². The van der Waals surface area contributed by atoms with Crippen LogP contribution in [0.25, 0.3) is 0 Å². The molecule has 80 valence electrons. The molecule has 5 heteroatoms. The summed E-state index contributed by atoms with van der Waals surface area (Å²) in [6, 6.07) is 0. The van der Waals surface area contributed by atoms with Crippen molar-refractivity contribution >= 4 is 7.67 Å². The highest BCUT2D eigenvalue weighted by molar-refractivity contribution is 7.54. The predicted molar refractivity (Wildman–Crippen MR) is 56.6 cm³/mol. The monoisotopic (exact) mass is 209 g/mol. The first kappa shape index (κ1) is 13.1. The summed E-state index contributed by atoms with van der Waals surface area (Å²) >= 11 is 0. The molecule has 13 heavy (non-hydrogen) atoms. The third kappa shape index (κ3) is 3.04. The topological polar surface area (TPSA) is 30.3 Å². The molecule has 0 aliphatic carbocycles. The Morgan fingerprint density at radius 2 is 1.15 bits per heavy atom. The second-order valence-corrected chi connectivity index (χ2v) is 4.98. The van der Waals surface area contributed by atoms with Crippen LogP contribution in [0.2, 0.25) is 0 Å². The number of rotatable bonds is 6. The summed E-state index contributed by atoms with van der Waals surface area (Å²) in [6.07, 6.45) is 0. The maximum Gasteiger partial charge on any atom is 0.266 e. The first-order valence-corrected chi connectivity index (χ1v) is 6.47. The summed E-state index contributed by atoms with van der Waals surface area (Å²) in [5, 5.41) is 7.74. The van der Waals surface area contributed by atoms with Gasteiger partial charge in [-0.05, 0) is 0 Å². The average Bonchev–Trinajstić information content (AvgIpc) is 2.07. The normalized spacial score (nSPS) is 12.8. The van der Waals surface area contributed by atoms with E-state index in [0.29, 0.717) is 26.2 Å². The van der Waals surface area contributed by atoms with Crippen molar-refractivity contribution in [3.8, 4) is 0 Å². The molecule has 3 nitrogen and oxygen atoms in total. The van der Waals surface area contributed by atoms with E-state index in [-0.39, 0.29) is 0 Å². The Bertz CT molecular complexity index is 162. The van der Waals surface area contributed by atoms with Gasteiger partial charge in [-0.3, -0.25) is 5.16 Å². The number of hydrogen-bond acceptors (Lipinski definition) is 1. The van der Waals surface area contributed by atoms with Gasteiger partial charge in [-0.1, -0.05) is 27.7 Å². The highest BCUT2D eigenvalue weighted by Gasteiger charge is 2.28. The third-order valence-corrected chi connectivity index (χ3v) is 4.84. The minimum Gasteiger partial charge on any atom is -0.263 e. The molecule has 0 atom stereocenters. The second-order valence-electron chi connectivity index (χ2n) is 2.80. The van der Waals surface area contributed by atoms with Crippen molar-refractivity contribution in [2.24, 2.45) is 0 Å². The van der Waals surface area contributed by atoms with Crippen molar-refractivity contribution in [2.45, 2.75) is 27.7 Å². The molecule has 0 aromatic carbocycles. The molecule has 0 rings (SSSR count). The minimum absolute atomic E-state index is 0.612. The second kappa shape index (κ2) is 5.74. The predicted octanol–water partition coefficient (Wildman–Crippen LogP) is 3.16. The molecule has 0 aromatic heterocycles. The lowest BCUT2D eigenvalue weighted by molar-refractivity contribution is 0.377. The fraction of sp³-hybridized carbons (Fsp3) is 1.00. The van der Waals surface area contributed by atoms with E-state index in [9.17, 15) is 4.20 Å². The van der Waals surface area contributed by atoms with Gasteiger partial charge in [-0.25, -0.2) is 9.34 Å². The molecule has 0 fully saturated rings. The van der Waals surface area contributed by atoms with E-state index in [1.165, 1.54) is 0 Å². The molecule has 0 aliphatic heterocycles. The van der Waals surface area contributed by atoms with Crippen molar-refractivity contribution in [3.63, 3.8) is 0 Å². The summed E-state index contributed by atoms with van der Waals surface area (Å²) in [7, 11) is -3.25. The molecule has 0 saturated carbocycles. The Balaban J connectivity index is 4.59. The van der Waals surface area contributed by atoms with Gasteiger partial charge in [0, 0.05) is 26.2 Å². The van der Waals surface area contributed by atoms with Gasteiger partial charge in [-0.15, -0.1) is 0 Å². The Labute approximate surface area is 81.0 Å². The molecule has 0 amide bonds. The minimum atomic E-state index is -3.25. The number of hydrogen-bond donors (Lipinski definition) is 1. The van der Waals surface area contributed by atoms with Crippen LogP contribution in [0.4, 0.5) is 4.20 Å². The van der Waals surface area contributed by atoms with Crippen LogP contribution in [0.3, 0.4) is 0 Å². The largest absolute Gasteiger partial charge is 0.266 e.